The maximum atomic E-state index is 13.2. The van der Waals surface area contributed by atoms with Crippen molar-refractivity contribution in [2.75, 3.05) is 24.6 Å². The second-order valence-corrected chi connectivity index (χ2v) is 7.22. The number of ether oxygens (including phenoxy) is 1. The highest BCUT2D eigenvalue weighted by molar-refractivity contribution is 7.11. The van der Waals surface area contributed by atoms with Crippen molar-refractivity contribution < 1.29 is 14.3 Å². The van der Waals surface area contributed by atoms with E-state index in [1.54, 1.807) is 18.2 Å². The van der Waals surface area contributed by atoms with Gasteiger partial charge in [-0.25, -0.2) is 4.90 Å². The molecule has 26 heavy (non-hydrogen) atoms. The first-order chi connectivity index (χ1) is 12.7. The second-order valence-electron chi connectivity index (χ2n) is 6.27. The molecule has 0 saturated carbocycles. The zero-order chi connectivity index (χ0) is 18.1. The lowest BCUT2D eigenvalue weighted by atomic mass is 10.2. The smallest absolute Gasteiger partial charge is 0.282 e. The van der Waals surface area contributed by atoms with Gasteiger partial charge in [0.1, 0.15) is 11.4 Å². The fourth-order valence-electron chi connectivity index (χ4n) is 3.51. The van der Waals surface area contributed by atoms with Gasteiger partial charge < -0.3 is 9.64 Å². The molecule has 3 heterocycles. The Labute approximate surface area is 156 Å². The monoisotopic (exact) mass is 368 g/mol. The molecule has 2 aromatic rings. The summed E-state index contributed by atoms with van der Waals surface area (Å²) < 4.78 is 5.53. The number of likely N-dealkylation sites (tertiary alicyclic amines) is 1. The molecule has 2 aliphatic heterocycles. The molecule has 1 saturated heterocycles. The topological polar surface area (TPSA) is 49.9 Å². The highest BCUT2D eigenvalue weighted by atomic mass is 32.1. The zero-order valence-electron chi connectivity index (χ0n) is 14.6. The van der Waals surface area contributed by atoms with E-state index in [0.717, 1.165) is 30.8 Å². The number of anilines is 1. The van der Waals surface area contributed by atoms with E-state index in [0.29, 0.717) is 29.3 Å². The van der Waals surface area contributed by atoms with Crippen LogP contribution in [0, 0.1) is 0 Å². The summed E-state index contributed by atoms with van der Waals surface area (Å²) >= 11 is 1.49. The molecule has 5 nitrogen and oxygen atoms in total. The molecule has 1 aromatic heterocycles. The summed E-state index contributed by atoms with van der Waals surface area (Å²) in [6.45, 7) is 4.07. The summed E-state index contributed by atoms with van der Waals surface area (Å²) in [5.74, 6) is 0.153. The van der Waals surface area contributed by atoms with Crippen LogP contribution in [0.2, 0.25) is 0 Å². The van der Waals surface area contributed by atoms with Crippen LogP contribution in [-0.2, 0) is 9.59 Å². The summed E-state index contributed by atoms with van der Waals surface area (Å²) in [7, 11) is 0. The van der Waals surface area contributed by atoms with Gasteiger partial charge in [-0.2, -0.15) is 0 Å². The lowest BCUT2D eigenvalue weighted by Gasteiger charge is -2.20. The fourth-order valence-corrected chi connectivity index (χ4v) is 4.27. The van der Waals surface area contributed by atoms with E-state index in [-0.39, 0.29) is 11.8 Å². The number of hydrogen-bond donors (Lipinski definition) is 0. The van der Waals surface area contributed by atoms with Gasteiger partial charge in [-0.3, -0.25) is 9.59 Å². The number of nitrogens with zero attached hydrogens (tertiary/aromatic N) is 2. The highest BCUT2D eigenvalue weighted by Crippen LogP contribution is 2.38. The fraction of sp³-hybridized carbons (Fsp3) is 0.300. The van der Waals surface area contributed by atoms with Crippen molar-refractivity contribution in [2.24, 2.45) is 0 Å². The van der Waals surface area contributed by atoms with Crippen LogP contribution in [0.25, 0.3) is 5.57 Å². The molecule has 0 N–H and O–H groups in total. The van der Waals surface area contributed by atoms with E-state index in [1.165, 1.54) is 16.2 Å². The molecule has 4 rings (SSSR count). The van der Waals surface area contributed by atoms with E-state index < -0.39 is 0 Å². The molecule has 2 amide bonds. The predicted molar refractivity (Wildman–Crippen MR) is 102 cm³/mol. The third kappa shape index (κ3) is 2.80. The molecule has 0 aliphatic carbocycles. The first-order valence-electron chi connectivity index (χ1n) is 8.85. The molecule has 1 fully saturated rings. The van der Waals surface area contributed by atoms with Crippen LogP contribution < -0.4 is 9.64 Å². The van der Waals surface area contributed by atoms with Gasteiger partial charge in [-0.05, 0) is 43.3 Å². The average molecular weight is 368 g/mol. The predicted octanol–water partition coefficient (Wildman–Crippen LogP) is 3.53. The molecule has 0 unspecified atom stereocenters. The molecular formula is C20H20N2O3S. The summed E-state index contributed by atoms with van der Waals surface area (Å²) in [4.78, 5) is 30.7. The largest absolute Gasteiger partial charge is 0.494 e. The Morgan fingerprint density at radius 2 is 1.88 bits per heavy atom. The number of carbonyl (C=O) groups excluding carboxylic acids is 2. The van der Waals surface area contributed by atoms with E-state index in [2.05, 4.69) is 4.90 Å². The number of carbonyl (C=O) groups is 2. The second kappa shape index (κ2) is 6.96. The molecule has 0 radical (unpaired) electrons. The van der Waals surface area contributed by atoms with Gasteiger partial charge in [0.25, 0.3) is 11.8 Å². The van der Waals surface area contributed by atoms with E-state index in [9.17, 15) is 9.59 Å². The Bertz CT molecular complexity index is 867. The Morgan fingerprint density at radius 1 is 1.08 bits per heavy atom. The normalized spacial score (nSPS) is 17.6. The molecule has 1 aromatic carbocycles. The average Bonchev–Trinajstić information content (AvgIpc) is 3.36. The molecule has 0 bridgehead atoms. The number of amides is 2. The van der Waals surface area contributed by atoms with Gasteiger partial charge in [0.05, 0.1) is 17.9 Å². The van der Waals surface area contributed by atoms with Gasteiger partial charge >= 0.3 is 0 Å². The van der Waals surface area contributed by atoms with E-state index in [4.69, 9.17) is 4.74 Å². The highest BCUT2D eigenvalue weighted by Gasteiger charge is 2.43. The van der Waals surface area contributed by atoms with Crippen LogP contribution in [0.3, 0.4) is 0 Å². The van der Waals surface area contributed by atoms with Crippen LogP contribution in [0.4, 0.5) is 5.69 Å². The van der Waals surface area contributed by atoms with Gasteiger partial charge in [-0.1, -0.05) is 12.1 Å². The molecule has 2 aliphatic rings. The summed E-state index contributed by atoms with van der Waals surface area (Å²) in [5, 5.41) is 1.93. The van der Waals surface area contributed by atoms with E-state index in [1.807, 2.05) is 30.5 Å². The first kappa shape index (κ1) is 16.8. The van der Waals surface area contributed by atoms with Crippen LogP contribution >= 0.6 is 11.3 Å². The summed E-state index contributed by atoms with van der Waals surface area (Å²) in [6, 6.07) is 11.0. The molecule has 6 heteroatoms. The van der Waals surface area contributed by atoms with Gasteiger partial charge in [-0.15, -0.1) is 11.3 Å². The SMILES string of the molecule is CCOc1cccc(N2C(=O)C(c3cccs3)=C(N3CCCC3)C2=O)c1. The van der Waals surface area contributed by atoms with Crippen molar-refractivity contribution >= 4 is 34.4 Å². The number of benzene rings is 1. The van der Waals surface area contributed by atoms with Crippen molar-refractivity contribution in [1.82, 2.24) is 4.90 Å². The molecular weight excluding hydrogens is 348 g/mol. The standard InChI is InChI=1S/C20H20N2O3S/c1-2-25-15-8-5-7-14(13-15)22-19(23)17(16-9-6-12-26-16)18(20(22)24)21-10-3-4-11-21/h5-9,12-13H,2-4,10-11H2,1H3. The minimum Gasteiger partial charge on any atom is -0.494 e. The zero-order valence-corrected chi connectivity index (χ0v) is 15.4. The van der Waals surface area contributed by atoms with Crippen molar-refractivity contribution in [3.8, 4) is 5.75 Å². The Kier molecular flexibility index (Phi) is 4.51. The molecule has 0 atom stereocenters. The van der Waals surface area contributed by atoms with Crippen molar-refractivity contribution in [3.63, 3.8) is 0 Å². The lowest BCUT2D eigenvalue weighted by molar-refractivity contribution is -0.120. The maximum absolute atomic E-state index is 13.2. The Balaban J connectivity index is 1.77. The molecule has 0 spiro atoms. The number of rotatable bonds is 5. The van der Waals surface area contributed by atoms with Crippen molar-refractivity contribution in [3.05, 3.63) is 52.4 Å². The third-order valence-corrected chi connectivity index (χ3v) is 5.52. The van der Waals surface area contributed by atoms with Crippen LogP contribution in [0.1, 0.15) is 24.6 Å². The summed E-state index contributed by atoms with van der Waals surface area (Å²) in [5.41, 5.74) is 1.61. The lowest BCUT2D eigenvalue weighted by Crippen LogP contribution is -2.34. The minimum absolute atomic E-state index is 0.242. The van der Waals surface area contributed by atoms with E-state index >= 15 is 0 Å². The van der Waals surface area contributed by atoms with Crippen LogP contribution in [-0.4, -0.2) is 36.4 Å². The molecule has 134 valence electrons. The van der Waals surface area contributed by atoms with Gasteiger partial charge in [0, 0.05) is 24.0 Å². The van der Waals surface area contributed by atoms with Crippen molar-refractivity contribution in [1.29, 1.82) is 0 Å². The Hall–Kier alpha value is -2.60. The van der Waals surface area contributed by atoms with Crippen LogP contribution in [0.5, 0.6) is 5.75 Å². The maximum Gasteiger partial charge on any atom is 0.282 e. The third-order valence-electron chi connectivity index (χ3n) is 4.64. The van der Waals surface area contributed by atoms with Crippen LogP contribution in [0.15, 0.2) is 47.5 Å². The minimum atomic E-state index is -0.256. The quantitative estimate of drug-likeness (QED) is 0.758. The van der Waals surface area contributed by atoms with Gasteiger partial charge in [0.15, 0.2) is 0 Å². The Morgan fingerprint density at radius 3 is 2.58 bits per heavy atom. The first-order valence-corrected chi connectivity index (χ1v) is 9.73. The summed E-state index contributed by atoms with van der Waals surface area (Å²) in [6.07, 6.45) is 2.09. The van der Waals surface area contributed by atoms with Crippen molar-refractivity contribution in [2.45, 2.75) is 19.8 Å². The number of hydrogen-bond acceptors (Lipinski definition) is 5. The number of thiophene rings is 1. The number of imide groups is 1. The van der Waals surface area contributed by atoms with Gasteiger partial charge in [0.2, 0.25) is 0 Å².